The van der Waals surface area contributed by atoms with Gasteiger partial charge in [0.25, 0.3) is 0 Å². The molecule has 1 aromatic carbocycles. The molecule has 0 bridgehead atoms. The number of hydrogen-bond donors (Lipinski definition) is 1. The number of hydrogen-bond acceptors (Lipinski definition) is 2. The van der Waals surface area contributed by atoms with Crippen molar-refractivity contribution in [1.29, 1.82) is 0 Å². The van der Waals surface area contributed by atoms with Gasteiger partial charge in [-0.25, -0.2) is 0 Å². The average molecular weight is 176 g/mol. The lowest BCUT2D eigenvalue weighted by Gasteiger charge is -2.29. The number of aldehydes is 1. The number of benzene rings is 1. The summed E-state index contributed by atoms with van der Waals surface area (Å²) in [6.07, 6.45) is 3.05. The molecule has 68 valence electrons. The van der Waals surface area contributed by atoms with Crippen LogP contribution in [0.25, 0.3) is 0 Å². The number of rotatable bonds is 1. The second-order valence-corrected chi connectivity index (χ2v) is 3.55. The van der Waals surface area contributed by atoms with Crippen LogP contribution in [0, 0.1) is 0 Å². The Balaban J connectivity index is 2.54. The first kappa shape index (κ1) is 8.45. The van der Waals surface area contributed by atoms with Gasteiger partial charge in [-0.3, -0.25) is 4.79 Å². The molecule has 1 aliphatic carbocycles. The SMILES string of the molecule is O=CC1(O)CCCc2ccccc21. The Hall–Kier alpha value is -1.15. The largest absolute Gasteiger partial charge is 0.378 e. The van der Waals surface area contributed by atoms with E-state index in [1.54, 1.807) is 0 Å². The normalized spacial score (nSPS) is 26.5. The molecule has 1 aromatic rings. The predicted octanol–water partition coefficient (Wildman–Crippen LogP) is 1.41. The zero-order valence-corrected chi connectivity index (χ0v) is 7.36. The Morgan fingerprint density at radius 3 is 2.92 bits per heavy atom. The third-order valence-corrected chi connectivity index (χ3v) is 2.68. The smallest absolute Gasteiger partial charge is 0.156 e. The molecule has 1 unspecified atom stereocenters. The van der Waals surface area contributed by atoms with Crippen molar-refractivity contribution in [2.75, 3.05) is 0 Å². The number of aliphatic hydroxyl groups is 1. The van der Waals surface area contributed by atoms with Crippen molar-refractivity contribution in [3.63, 3.8) is 0 Å². The highest BCUT2D eigenvalue weighted by molar-refractivity contribution is 5.67. The van der Waals surface area contributed by atoms with Gasteiger partial charge in [0, 0.05) is 0 Å². The van der Waals surface area contributed by atoms with Crippen LogP contribution in [-0.2, 0) is 16.8 Å². The lowest BCUT2D eigenvalue weighted by molar-refractivity contribution is -0.126. The molecule has 13 heavy (non-hydrogen) atoms. The molecule has 0 saturated heterocycles. The minimum absolute atomic E-state index is 0.549. The molecule has 0 radical (unpaired) electrons. The maximum Gasteiger partial charge on any atom is 0.156 e. The summed E-state index contributed by atoms with van der Waals surface area (Å²) in [6, 6.07) is 7.61. The van der Waals surface area contributed by atoms with Crippen molar-refractivity contribution < 1.29 is 9.90 Å². The lowest BCUT2D eigenvalue weighted by atomic mass is 9.80. The van der Waals surface area contributed by atoms with Crippen molar-refractivity contribution in [2.45, 2.75) is 24.9 Å². The fraction of sp³-hybridized carbons (Fsp3) is 0.364. The fourth-order valence-corrected chi connectivity index (χ4v) is 1.97. The summed E-state index contributed by atoms with van der Waals surface area (Å²) in [4.78, 5) is 10.8. The van der Waals surface area contributed by atoms with Crippen LogP contribution in [-0.4, -0.2) is 11.4 Å². The summed E-state index contributed by atoms with van der Waals surface area (Å²) >= 11 is 0. The third-order valence-electron chi connectivity index (χ3n) is 2.68. The molecular weight excluding hydrogens is 164 g/mol. The van der Waals surface area contributed by atoms with Crippen molar-refractivity contribution in [3.8, 4) is 0 Å². The van der Waals surface area contributed by atoms with Crippen LogP contribution in [0.15, 0.2) is 24.3 Å². The van der Waals surface area contributed by atoms with Gasteiger partial charge in [0.2, 0.25) is 0 Å². The molecule has 2 heteroatoms. The number of aryl methyl sites for hydroxylation is 1. The first-order chi connectivity index (χ1) is 6.26. The summed E-state index contributed by atoms with van der Waals surface area (Å²) in [5, 5.41) is 9.96. The molecule has 2 rings (SSSR count). The Kier molecular flexibility index (Phi) is 1.93. The van der Waals surface area contributed by atoms with Crippen molar-refractivity contribution >= 4 is 6.29 Å². The second kappa shape index (κ2) is 2.96. The fourth-order valence-electron chi connectivity index (χ4n) is 1.97. The highest BCUT2D eigenvalue weighted by atomic mass is 16.3. The van der Waals surface area contributed by atoms with Crippen LogP contribution in [0.4, 0.5) is 0 Å². The lowest BCUT2D eigenvalue weighted by Crippen LogP contribution is -2.31. The van der Waals surface area contributed by atoms with E-state index >= 15 is 0 Å². The zero-order valence-electron chi connectivity index (χ0n) is 7.36. The number of carbonyl (C=O) groups excluding carboxylic acids is 1. The summed E-state index contributed by atoms with van der Waals surface area (Å²) in [6.45, 7) is 0. The average Bonchev–Trinajstić information content (AvgIpc) is 2.19. The van der Waals surface area contributed by atoms with Crippen LogP contribution in [0.3, 0.4) is 0 Å². The molecule has 1 atom stereocenters. The molecule has 0 saturated carbocycles. The Morgan fingerprint density at radius 1 is 1.38 bits per heavy atom. The van der Waals surface area contributed by atoms with Gasteiger partial charge in [0.05, 0.1) is 0 Å². The van der Waals surface area contributed by atoms with Gasteiger partial charge in [0.15, 0.2) is 6.29 Å². The number of carbonyl (C=O) groups is 1. The maximum atomic E-state index is 10.8. The van der Waals surface area contributed by atoms with E-state index in [0.717, 1.165) is 24.0 Å². The van der Waals surface area contributed by atoms with Crippen LogP contribution < -0.4 is 0 Å². The van der Waals surface area contributed by atoms with Crippen LogP contribution in [0.1, 0.15) is 24.0 Å². The molecule has 1 N–H and O–H groups in total. The summed E-state index contributed by atoms with van der Waals surface area (Å²) in [5.74, 6) is 0. The predicted molar refractivity (Wildman–Crippen MR) is 49.3 cm³/mol. The molecular formula is C11H12O2. The molecule has 0 aliphatic heterocycles. The van der Waals surface area contributed by atoms with E-state index in [1.807, 2.05) is 24.3 Å². The van der Waals surface area contributed by atoms with Gasteiger partial charge < -0.3 is 5.11 Å². The molecule has 0 spiro atoms. The molecule has 2 nitrogen and oxygen atoms in total. The molecule has 0 aromatic heterocycles. The summed E-state index contributed by atoms with van der Waals surface area (Å²) in [7, 11) is 0. The standard InChI is InChI=1S/C11H12O2/c12-8-11(13)7-3-5-9-4-1-2-6-10(9)11/h1-2,4,6,8,13H,3,5,7H2. The summed E-state index contributed by atoms with van der Waals surface area (Å²) < 4.78 is 0. The Labute approximate surface area is 77.2 Å². The molecule has 0 heterocycles. The van der Waals surface area contributed by atoms with Gasteiger partial charge in [-0.1, -0.05) is 24.3 Å². The van der Waals surface area contributed by atoms with E-state index in [9.17, 15) is 9.90 Å². The maximum absolute atomic E-state index is 10.8. The Morgan fingerprint density at radius 2 is 2.15 bits per heavy atom. The zero-order chi connectivity index (χ0) is 9.31. The van der Waals surface area contributed by atoms with E-state index in [2.05, 4.69) is 0 Å². The first-order valence-corrected chi connectivity index (χ1v) is 4.53. The van der Waals surface area contributed by atoms with Gasteiger partial charge in [-0.05, 0) is 30.4 Å². The highest BCUT2D eigenvalue weighted by Gasteiger charge is 2.33. The van der Waals surface area contributed by atoms with Crippen molar-refractivity contribution in [1.82, 2.24) is 0 Å². The van der Waals surface area contributed by atoms with E-state index in [4.69, 9.17) is 0 Å². The summed E-state index contributed by atoms with van der Waals surface area (Å²) in [5.41, 5.74) is 0.661. The van der Waals surface area contributed by atoms with E-state index in [0.29, 0.717) is 12.7 Å². The van der Waals surface area contributed by atoms with E-state index < -0.39 is 5.60 Å². The van der Waals surface area contributed by atoms with E-state index in [-0.39, 0.29) is 0 Å². The van der Waals surface area contributed by atoms with Gasteiger partial charge in [-0.2, -0.15) is 0 Å². The molecule has 1 aliphatic rings. The topological polar surface area (TPSA) is 37.3 Å². The van der Waals surface area contributed by atoms with Gasteiger partial charge in [0.1, 0.15) is 5.60 Å². The highest BCUT2D eigenvalue weighted by Crippen LogP contribution is 2.33. The van der Waals surface area contributed by atoms with Crippen molar-refractivity contribution in [2.24, 2.45) is 0 Å². The van der Waals surface area contributed by atoms with Crippen molar-refractivity contribution in [3.05, 3.63) is 35.4 Å². The second-order valence-electron chi connectivity index (χ2n) is 3.55. The first-order valence-electron chi connectivity index (χ1n) is 4.53. The minimum atomic E-state index is -1.23. The third kappa shape index (κ3) is 1.27. The van der Waals surface area contributed by atoms with Crippen LogP contribution >= 0.6 is 0 Å². The molecule has 0 fully saturated rings. The minimum Gasteiger partial charge on any atom is -0.378 e. The quantitative estimate of drug-likeness (QED) is 0.657. The van der Waals surface area contributed by atoms with E-state index in [1.165, 1.54) is 0 Å². The molecule has 0 amide bonds. The van der Waals surface area contributed by atoms with Gasteiger partial charge in [-0.15, -0.1) is 0 Å². The Bertz CT molecular complexity index is 333. The monoisotopic (exact) mass is 176 g/mol. The number of fused-ring (bicyclic) bond motifs is 1. The van der Waals surface area contributed by atoms with Crippen LogP contribution in [0.5, 0.6) is 0 Å². The van der Waals surface area contributed by atoms with Crippen LogP contribution in [0.2, 0.25) is 0 Å². The van der Waals surface area contributed by atoms with Gasteiger partial charge >= 0.3 is 0 Å².